The van der Waals surface area contributed by atoms with Gasteiger partial charge in [0.25, 0.3) is 5.91 Å². The smallest absolute Gasteiger partial charge is 0.261 e. The molecule has 0 fully saturated rings. The van der Waals surface area contributed by atoms with Gasteiger partial charge in [-0.3, -0.25) is 4.79 Å². The van der Waals surface area contributed by atoms with Gasteiger partial charge in [-0.05, 0) is 74.4 Å². The highest BCUT2D eigenvalue weighted by molar-refractivity contribution is 5.81. The molecule has 1 N–H and O–H groups in total. The molecule has 0 saturated carbocycles. The van der Waals surface area contributed by atoms with E-state index < -0.39 is 6.10 Å². The minimum absolute atomic E-state index is 0.176. The van der Waals surface area contributed by atoms with Crippen molar-refractivity contribution in [3.8, 4) is 5.75 Å². The monoisotopic (exact) mass is 341 g/mol. The van der Waals surface area contributed by atoms with E-state index in [0.717, 1.165) is 30.6 Å². The van der Waals surface area contributed by atoms with Crippen LogP contribution in [0, 0.1) is 5.82 Å². The molecule has 1 amide bonds. The Morgan fingerprint density at radius 1 is 1.08 bits per heavy atom. The molecular formula is C21H24FNO2. The quantitative estimate of drug-likeness (QED) is 0.878. The first-order valence-corrected chi connectivity index (χ1v) is 8.88. The van der Waals surface area contributed by atoms with Gasteiger partial charge in [0.05, 0.1) is 6.04 Å². The van der Waals surface area contributed by atoms with Crippen molar-refractivity contribution in [2.75, 3.05) is 0 Å². The Balaban J connectivity index is 1.64. The van der Waals surface area contributed by atoms with Gasteiger partial charge in [0.2, 0.25) is 0 Å². The van der Waals surface area contributed by atoms with Crippen molar-refractivity contribution in [3.05, 3.63) is 65.0 Å². The number of benzene rings is 2. The Kier molecular flexibility index (Phi) is 5.37. The molecule has 2 aromatic carbocycles. The van der Waals surface area contributed by atoms with Gasteiger partial charge < -0.3 is 10.1 Å². The number of aryl methyl sites for hydroxylation is 1. The molecule has 132 valence electrons. The largest absolute Gasteiger partial charge is 0.481 e. The molecule has 3 nitrogen and oxygen atoms in total. The van der Waals surface area contributed by atoms with Crippen LogP contribution in [0.25, 0.3) is 0 Å². The summed E-state index contributed by atoms with van der Waals surface area (Å²) in [6.07, 6.45) is 3.87. The zero-order valence-electron chi connectivity index (χ0n) is 14.7. The number of rotatable bonds is 5. The Morgan fingerprint density at radius 2 is 1.80 bits per heavy atom. The maximum Gasteiger partial charge on any atom is 0.261 e. The van der Waals surface area contributed by atoms with Gasteiger partial charge in [-0.15, -0.1) is 0 Å². The fraction of sp³-hybridized carbons (Fsp3) is 0.381. The van der Waals surface area contributed by atoms with Gasteiger partial charge in [-0.1, -0.05) is 24.3 Å². The summed E-state index contributed by atoms with van der Waals surface area (Å²) in [5, 5.41) is 2.93. The molecule has 0 heterocycles. The highest BCUT2D eigenvalue weighted by Crippen LogP contribution is 2.30. The fourth-order valence-electron chi connectivity index (χ4n) is 3.27. The molecule has 0 aliphatic heterocycles. The van der Waals surface area contributed by atoms with Crippen LogP contribution in [0.3, 0.4) is 0 Å². The SMILES string of the molecule is C[C@H](Oc1cccc2c1CCCC2)C(=O)N[C@@H](C)c1ccc(F)cc1. The van der Waals surface area contributed by atoms with Crippen molar-refractivity contribution in [1.29, 1.82) is 0 Å². The first-order valence-electron chi connectivity index (χ1n) is 8.88. The third-order valence-electron chi connectivity index (χ3n) is 4.75. The summed E-state index contributed by atoms with van der Waals surface area (Å²) in [5.74, 6) is 0.354. The van der Waals surface area contributed by atoms with Gasteiger partial charge >= 0.3 is 0 Å². The topological polar surface area (TPSA) is 38.3 Å². The Hall–Kier alpha value is -2.36. The number of carbonyl (C=O) groups is 1. The lowest BCUT2D eigenvalue weighted by Gasteiger charge is -2.23. The van der Waals surface area contributed by atoms with E-state index in [0.29, 0.717) is 0 Å². The van der Waals surface area contributed by atoms with Gasteiger partial charge in [-0.25, -0.2) is 4.39 Å². The van der Waals surface area contributed by atoms with Crippen LogP contribution in [0.1, 0.15) is 49.4 Å². The Bertz CT molecular complexity index is 742. The number of carbonyl (C=O) groups excluding carboxylic acids is 1. The van der Waals surface area contributed by atoms with Crippen LogP contribution in [0.15, 0.2) is 42.5 Å². The molecule has 0 unspecified atom stereocenters. The average Bonchev–Trinajstić information content (AvgIpc) is 2.62. The van der Waals surface area contributed by atoms with E-state index in [1.165, 1.54) is 29.7 Å². The average molecular weight is 341 g/mol. The second kappa shape index (κ2) is 7.68. The van der Waals surface area contributed by atoms with E-state index in [-0.39, 0.29) is 17.8 Å². The second-order valence-corrected chi connectivity index (χ2v) is 6.64. The maximum atomic E-state index is 13.0. The molecule has 0 aromatic heterocycles. The van der Waals surface area contributed by atoms with Crippen LogP contribution in [0.2, 0.25) is 0 Å². The lowest BCUT2D eigenvalue weighted by molar-refractivity contribution is -0.127. The second-order valence-electron chi connectivity index (χ2n) is 6.64. The van der Waals surface area contributed by atoms with E-state index in [1.807, 2.05) is 19.1 Å². The summed E-state index contributed by atoms with van der Waals surface area (Å²) < 4.78 is 19.0. The Labute approximate surface area is 148 Å². The van der Waals surface area contributed by atoms with Gasteiger partial charge in [0.1, 0.15) is 11.6 Å². The lowest BCUT2D eigenvalue weighted by atomic mass is 9.91. The molecule has 1 aliphatic carbocycles. The van der Waals surface area contributed by atoms with E-state index >= 15 is 0 Å². The molecule has 2 atom stereocenters. The normalized spacial score (nSPS) is 15.8. The minimum Gasteiger partial charge on any atom is -0.481 e. The van der Waals surface area contributed by atoms with Crippen molar-refractivity contribution in [1.82, 2.24) is 5.32 Å². The van der Waals surface area contributed by atoms with Crippen LogP contribution in [-0.4, -0.2) is 12.0 Å². The van der Waals surface area contributed by atoms with Crippen molar-refractivity contribution >= 4 is 5.91 Å². The third-order valence-corrected chi connectivity index (χ3v) is 4.75. The summed E-state index contributed by atoms with van der Waals surface area (Å²) >= 11 is 0. The maximum absolute atomic E-state index is 13.0. The predicted molar refractivity (Wildman–Crippen MR) is 96.1 cm³/mol. The summed E-state index contributed by atoms with van der Waals surface area (Å²) in [6, 6.07) is 12.0. The van der Waals surface area contributed by atoms with Gasteiger partial charge in [0, 0.05) is 0 Å². The Morgan fingerprint density at radius 3 is 2.56 bits per heavy atom. The first-order chi connectivity index (χ1) is 12.0. The molecule has 0 radical (unpaired) electrons. The van der Waals surface area contributed by atoms with Crippen molar-refractivity contribution in [2.45, 2.75) is 51.7 Å². The fourth-order valence-corrected chi connectivity index (χ4v) is 3.27. The van der Waals surface area contributed by atoms with Crippen molar-refractivity contribution in [3.63, 3.8) is 0 Å². The number of fused-ring (bicyclic) bond motifs is 1. The lowest BCUT2D eigenvalue weighted by Crippen LogP contribution is -2.38. The first kappa shape index (κ1) is 17.5. The number of halogens is 1. The minimum atomic E-state index is -0.587. The zero-order valence-corrected chi connectivity index (χ0v) is 14.7. The summed E-state index contributed by atoms with van der Waals surface area (Å²) in [6.45, 7) is 3.64. The van der Waals surface area contributed by atoms with E-state index in [2.05, 4.69) is 11.4 Å². The molecule has 25 heavy (non-hydrogen) atoms. The van der Waals surface area contributed by atoms with E-state index in [9.17, 15) is 9.18 Å². The van der Waals surface area contributed by atoms with E-state index in [1.54, 1.807) is 19.1 Å². The molecule has 0 spiro atoms. The number of amides is 1. The molecule has 3 rings (SSSR count). The highest BCUT2D eigenvalue weighted by Gasteiger charge is 2.20. The van der Waals surface area contributed by atoms with Gasteiger partial charge in [-0.2, -0.15) is 0 Å². The van der Waals surface area contributed by atoms with Crippen molar-refractivity contribution in [2.24, 2.45) is 0 Å². The molecule has 0 bridgehead atoms. The van der Waals surface area contributed by atoms with Crippen molar-refractivity contribution < 1.29 is 13.9 Å². The number of hydrogen-bond acceptors (Lipinski definition) is 2. The zero-order chi connectivity index (χ0) is 17.8. The predicted octanol–water partition coefficient (Wildman–Crippen LogP) is 4.35. The summed E-state index contributed by atoms with van der Waals surface area (Å²) in [7, 11) is 0. The standard InChI is InChI=1S/C21H24FNO2/c1-14(16-10-12-18(22)13-11-16)23-21(24)15(2)25-20-9-5-7-17-6-3-4-8-19(17)20/h5,7,9-15H,3-4,6,8H2,1-2H3,(H,23,24)/t14-,15-/m0/s1. The van der Waals surface area contributed by atoms with E-state index in [4.69, 9.17) is 4.74 Å². The molecule has 4 heteroatoms. The summed E-state index contributed by atoms with van der Waals surface area (Å²) in [5.41, 5.74) is 3.43. The summed E-state index contributed by atoms with van der Waals surface area (Å²) in [4.78, 5) is 12.5. The number of ether oxygens (including phenoxy) is 1. The molecule has 1 aliphatic rings. The van der Waals surface area contributed by atoms with Crippen LogP contribution in [0.5, 0.6) is 5.75 Å². The van der Waals surface area contributed by atoms with Crippen LogP contribution >= 0.6 is 0 Å². The number of hydrogen-bond donors (Lipinski definition) is 1. The van der Waals surface area contributed by atoms with Crippen LogP contribution < -0.4 is 10.1 Å². The van der Waals surface area contributed by atoms with Gasteiger partial charge in [0.15, 0.2) is 6.10 Å². The number of nitrogens with one attached hydrogen (secondary N) is 1. The van der Waals surface area contributed by atoms with Crippen LogP contribution in [-0.2, 0) is 17.6 Å². The van der Waals surface area contributed by atoms with Crippen LogP contribution in [0.4, 0.5) is 4.39 Å². The molecule has 2 aromatic rings. The molecule has 0 saturated heterocycles. The molecular weight excluding hydrogens is 317 g/mol. The third kappa shape index (κ3) is 4.19. The highest BCUT2D eigenvalue weighted by atomic mass is 19.1.